The van der Waals surface area contributed by atoms with Crippen LogP contribution in [0.5, 0.6) is 0 Å². The van der Waals surface area contributed by atoms with Crippen molar-refractivity contribution < 1.29 is 9.59 Å². The number of amides is 2. The first-order valence-corrected chi connectivity index (χ1v) is 10.1. The molecule has 1 saturated heterocycles. The highest BCUT2D eigenvalue weighted by Crippen LogP contribution is 2.23. The van der Waals surface area contributed by atoms with Crippen LogP contribution in [0.3, 0.4) is 0 Å². The number of benzene rings is 1. The van der Waals surface area contributed by atoms with Crippen molar-refractivity contribution in [2.45, 2.75) is 13.5 Å². The van der Waals surface area contributed by atoms with E-state index in [-0.39, 0.29) is 24.2 Å². The molecule has 1 fully saturated rings. The first-order chi connectivity index (χ1) is 12.1. The van der Waals surface area contributed by atoms with Crippen LogP contribution >= 0.6 is 35.5 Å². The number of carbonyl (C=O) groups excluding carboxylic acids is 2. The Balaban J connectivity index is 0.00000243. The molecule has 26 heavy (non-hydrogen) atoms. The number of anilines is 1. The molecule has 0 spiro atoms. The number of nitrogens with one attached hydrogen (secondary N) is 1. The standard InChI is InChI=1S/C17H20N4O2S2.ClH/c1-11-12(17(23)21-5-7-24-8-6-21)3-2-4-13(11)20-16(22)14-10-25-15(9-18)19-14;/h2-4,10H,5-9,18H2,1H3,(H,20,22);1H. The second-order valence-electron chi connectivity index (χ2n) is 5.67. The van der Waals surface area contributed by atoms with Crippen molar-refractivity contribution in [3.8, 4) is 0 Å². The van der Waals surface area contributed by atoms with E-state index in [9.17, 15) is 9.59 Å². The lowest BCUT2D eigenvalue weighted by Crippen LogP contribution is -2.38. The van der Waals surface area contributed by atoms with Gasteiger partial charge in [0.05, 0.1) is 0 Å². The Bertz CT molecular complexity index is 791. The fourth-order valence-electron chi connectivity index (χ4n) is 2.63. The van der Waals surface area contributed by atoms with Gasteiger partial charge in [0.15, 0.2) is 0 Å². The van der Waals surface area contributed by atoms with Crippen LogP contribution in [-0.4, -0.2) is 46.3 Å². The molecule has 0 bridgehead atoms. The molecule has 1 aliphatic heterocycles. The van der Waals surface area contributed by atoms with Crippen LogP contribution < -0.4 is 11.1 Å². The average Bonchev–Trinajstić information content (AvgIpc) is 3.13. The van der Waals surface area contributed by atoms with Crippen LogP contribution in [0.25, 0.3) is 0 Å². The summed E-state index contributed by atoms with van der Waals surface area (Å²) in [5.41, 5.74) is 7.91. The molecule has 6 nitrogen and oxygen atoms in total. The van der Waals surface area contributed by atoms with Crippen molar-refractivity contribution in [3.63, 3.8) is 0 Å². The maximum Gasteiger partial charge on any atom is 0.275 e. The Morgan fingerprint density at radius 1 is 1.31 bits per heavy atom. The van der Waals surface area contributed by atoms with E-state index < -0.39 is 0 Å². The fourth-order valence-corrected chi connectivity index (χ4v) is 4.19. The normalized spacial score (nSPS) is 13.8. The summed E-state index contributed by atoms with van der Waals surface area (Å²) in [6.45, 7) is 3.70. The van der Waals surface area contributed by atoms with Gasteiger partial charge < -0.3 is 16.0 Å². The largest absolute Gasteiger partial charge is 0.337 e. The quantitative estimate of drug-likeness (QED) is 0.806. The molecular weight excluding hydrogens is 392 g/mol. The van der Waals surface area contributed by atoms with Crippen LogP contribution in [-0.2, 0) is 6.54 Å². The van der Waals surface area contributed by atoms with Crippen molar-refractivity contribution in [1.29, 1.82) is 0 Å². The lowest BCUT2D eigenvalue weighted by Gasteiger charge is -2.27. The molecule has 1 aliphatic rings. The van der Waals surface area contributed by atoms with Gasteiger partial charge in [0.2, 0.25) is 0 Å². The number of nitrogens with zero attached hydrogens (tertiary/aromatic N) is 2. The van der Waals surface area contributed by atoms with Gasteiger partial charge in [-0.15, -0.1) is 23.7 Å². The third-order valence-electron chi connectivity index (χ3n) is 4.07. The SMILES string of the molecule is Cc1c(NC(=O)c2csc(CN)n2)cccc1C(=O)N1CCSCC1.Cl. The highest BCUT2D eigenvalue weighted by Gasteiger charge is 2.21. The van der Waals surface area contributed by atoms with E-state index >= 15 is 0 Å². The van der Waals surface area contributed by atoms with Crippen LogP contribution in [0.15, 0.2) is 23.6 Å². The van der Waals surface area contributed by atoms with Gasteiger partial charge >= 0.3 is 0 Å². The Kier molecular flexibility index (Phi) is 7.45. The zero-order chi connectivity index (χ0) is 17.8. The van der Waals surface area contributed by atoms with E-state index in [1.165, 1.54) is 11.3 Å². The number of thioether (sulfide) groups is 1. The highest BCUT2D eigenvalue weighted by molar-refractivity contribution is 7.99. The molecule has 1 aromatic carbocycles. The second kappa shape index (κ2) is 9.36. The first kappa shape index (κ1) is 20.7. The van der Waals surface area contributed by atoms with E-state index in [0.29, 0.717) is 28.5 Å². The van der Waals surface area contributed by atoms with Crippen molar-refractivity contribution in [1.82, 2.24) is 9.88 Å². The summed E-state index contributed by atoms with van der Waals surface area (Å²) in [4.78, 5) is 31.2. The number of rotatable bonds is 4. The molecule has 1 aromatic heterocycles. The fraction of sp³-hybridized carbons (Fsp3) is 0.353. The van der Waals surface area contributed by atoms with Crippen LogP contribution in [0, 0.1) is 6.92 Å². The van der Waals surface area contributed by atoms with Gasteiger partial charge in [0.25, 0.3) is 11.8 Å². The topological polar surface area (TPSA) is 88.3 Å². The van der Waals surface area contributed by atoms with Gasteiger partial charge in [0.1, 0.15) is 10.7 Å². The summed E-state index contributed by atoms with van der Waals surface area (Å²) >= 11 is 3.22. The minimum atomic E-state index is -0.293. The zero-order valence-electron chi connectivity index (χ0n) is 14.4. The monoisotopic (exact) mass is 412 g/mol. The first-order valence-electron chi connectivity index (χ1n) is 8.02. The molecule has 0 saturated carbocycles. The van der Waals surface area contributed by atoms with Gasteiger partial charge in [-0.1, -0.05) is 6.07 Å². The van der Waals surface area contributed by atoms with E-state index in [0.717, 1.165) is 30.2 Å². The summed E-state index contributed by atoms with van der Waals surface area (Å²) in [5, 5.41) is 5.26. The van der Waals surface area contributed by atoms with Gasteiger partial charge in [-0.25, -0.2) is 4.98 Å². The predicted molar refractivity (Wildman–Crippen MR) is 110 cm³/mol. The van der Waals surface area contributed by atoms with Gasteiger partial charge in [0, 0.05) is 47.8 Å². The van der Waals surface area contributed by atoms with E-state index in [2.05, 4.69) is 10.3 Å². The molecule has 0 unspecified atom stereocenters. The Morgan fingerprint density at radius 3 is 2.69 bits per heavy atom. The Morgan fingerprint density at radius 2 is 2.04 bits per heavy atom. The lowest BCUT2D eigenvalue weighted by atomic mass is 10.1. The average molecular weight is 413 g/mol. The lowest BCUT2D eigenvalue weighted by molar-refractivity contribution is 0.0771. The smallest absolute Gasteiger partial charge is 0.275 e. The summed E-state index contributed by atoms with van der Waals surface area (Å²) < 4.78 is 0. The van der Waals surface area contributed by atoms with Crippen molar-refractivity contribution in [3.05, 3.63) is 45.4 Å². The number of thiazole rings is 1. The van der Waals surface area contributed by atoms with Crippen LogP contribution in [0.2, 0.25) is 0 Å². The minimum absolute atomic E-state index is 0. The maximum atomic E-state index is 12.8. The second-order valence-corrected chi connectivity index (χ2v) is 7.83. The molecule has 2 aromatic rings. The summed E-state index contributed by atoms with van der Waals surface area (Å²) in [5.74, 6) is 1.66. The zero-order valence-corrected chi connectivity index (χ0v) is 16.8. The Hall–Kier alpha value is -1.61. The molecule has 3 N–H and O–H groups in total. The molecule has 0 atom stereocenters. The molecule has 0 radical (unpaired) electrons. The molecule has 3 rings (SSSR count). The summed E-state index contributed by atoms with van der Waals surface area (Å²) in [6, 6.07) is 5.40. The van der Waals surface area contributed by atoms with E-state index in [4.69, 9.17) is 5.73 Å². The van der Waals surface area contributed by atoms with Gasteiger partial charge in [-0.05, 0) is 24.6 Å². The minimum Gasteiger partial charge on any atom is -0.337 e. The third kappa shape index (κ3) is 4.56. The molecule has 2 heterocycles. The van der Waals surface area contributed by atoms with E-state index in [1.807, 2.05) is 29.7 Å². The van der Waals surface area contributed by atoms with Crippen molar-refractivity contribution >= 4 is 53.0 Å². The van der Waals surface area contributed by atoms with E-state index in [1.54, 1.807) is 17.5 Å². The van der Waals surface area contributed by atoms with Crippen molar-refractivity contribution in [2.75, 3.05) is 29.9 Å². The third-order valence-corrected chi connectivity index (χ3v) is 5.88. The molecule has 2 amide bonds. The number of hydrogen-bond donors (Lipinski definition) is 2. The number of nitrogens with two attached hydrogens (primary N) is 1. The number of aromatic nitrogens is 1. The summed E-state index contributed by atoms with van der Waals surface area (Å²) in [6.07, 6.45) is 0. The van der Waals surface area contributed by atoms with Crippen LogP contribution in [0.4, 0.5) is 5.69 Å². The molecule has 140 valence electrons. The van der Waals surface area contributed by atoms with Crippen LogP contribution in [0.1, 0.15) is 31.4 Å². The Labute approximate surface area is 167 Å². The highest BCUT2D eigenvalue weighted by atomic mass is 35.5. The number of hydrogen-bond acceptors (Lipinski definition) is 6. The molecular formula is C17H21ClN4O2S2. The number of halogens is 1. The number of carbonyl (C=O) groups is 2. The summed E-state index contributed by atoms with van der Waals surface area (Å²) in [7, 11) is 0. The van der Waals surface area contributed by atoms with Crippen molar-refractivity contribution in [2.24, 2.45) is 5.73 Å². The van der Waals surface area contributed by atoms with Gasteiger partial charge in [-0.3, -0.25) is 9.59 Å². The maximum absolute atomic E-state index is 12.8. The molecule has 0 aliphatic carbocycles. The van der Waals surface area contributed by atoms with Gasteiger partial charge in [-0.2, -0.15) is 11.8 Å². The molecule has 9 heteroatoms. The predicted octanol–water partition coefficient (Wildman–Crippen LogP) is 2.77.